The monoisotopic (exact) mass is 329 g/mol. The molecule has 0 amide bonds. The van der Waals surface area contributed by atoms with Crippen LogP contribution in [-0.4, -0.2) is 8.42 Å². The van der Waals surface area contributed by atoms with Gasteiger partial charge in [0.2, 0.25) is 0 Å². The lowest BCUT2D eigenvalue weighted by atomic mass is 9.99. The van der Waals surface area contributed by atoms with E-state index in [4.69, 9.17) is 11.6 Å². The van der Waals surface area contributed by atoms with Gasteiger partial charge in [-0.15, -0.1) is 11.3 Å². The highest BCUT2D eigenvalue weighted by atomic mass is 35.5. The summed E-state index contributed by atoms with van der Waals surface area (Å²) in [7, 11) is -3.55. The van der Waals surface area contributed by atoms with Crippen molar-refractivity contribution in [3.05, 3.63) is 46.3 Å². The van der Waals surface area contributed by atoms with E-state index < -0.39 is 10.0 Å². The van der Waals surface area contributed by atoms with Gasteiger partial charge in [0.1, 0.15) is 4.21 Å². The predicted octanol–water partition coefficient (Wildman–Crippen LogP) is 4.72. The van der Waals surface area contributed by atoms with Crippen LogP contribution in [0.1, 0.15) is 31.7 Å². The van der Waals surface area contributed by atoms with Gasteiger partial charge in [-0.3, -0.25) is 4.72 Å². The van der Waals surface area contributed by atoms with Crippen LogP contribution in [0.2, 0.25) is 4.34 Å². The molecule has 0 aliphatic carbocycles. The average molecular weight is 330 g/mol. The van der Waals surface area contributed by atoms with E-state index in [2.05, 4.69) is 18.6 Å². The summed E-state index contributed by atoms with van der Waals surface area (Å²) in [5.41, 5.74) is 1.76. The van der Waals surface area contributed by atoms with E-state index in [1.54, 1.807) is 18.2 Å². The lowest BCUT2D eigenvalue weighted by molar-refractivity contribution is 0.603. The van der Waals surface area contributed by atoms with Crippen molar-refractivity contribution in [3.63, 3.8) is 0 Å². The molecular weight excluding hydrogens is 314 g/mol. The standard InChI is InChI=1S/C14H16ClNO2S2/c1-3-10(2)11-4-6-12(7-5-11)16-20(17,18)14-9-8-13(15)19-14/h4-10,16H,3H2,1-2H3. The fraction of sp³-hybridized carbons (Fsp3) is 0.286. The van der Waals surface area contributed by atoms with Gasteiger partial charge in [-0.2, -0.15) is 0 Å². The number of benzene rings is 1. The molecule has 0 saturated carbocycles. The van der Waals surface area contributed by atoms with Crippen molar-refractivity contribution in [1.82, 2.24) is 0 Å². The minimum Gasteiger partial charge on any atom is -0.279 e. The Morgan fingerprint density at radius 3 is 2.35 bits per heavy atom. The van der Waals surface area contributed by atoms with Gasteiger partial charge in [0.15, 0.2) is 0 Å². The molecule has 20 heavy (non-hydrogen) atoms. The number of halogens is 1. The fourth-order valence-corrected chi connectivity index (χ4v) is 4.30. The van der Waals surface area contributed by atoms with Gasteiger partial charge in [-0.25, -0.2) is 8.42 Å². The second-order valence-corrected chi connectivity index (χ2v) is 8.22. The summed E-state index contributed by atoms with van der Waals surface area (Å²) in [5.74, 6) is 0.469. The molecule has 1 aromatic heterocycles. The van der Waals surface area contributed by atoms with Crippen molar-refractivity contribution in [1.29, 1.82) is 0 Å². The Hall–Kier alpha value is -1.04. The molecule has 2 aromatic rings. The zero-order valence-corrected chi connectivity index (χ0v) is 13.6. The predicted molar refractivity (Wildman–Crippen MR) is 85.3 cm³/mol. The fourth-order valence-electron chi connectivity index (χ4n) is 1.76. The van der Waals surface area contributed by atoms with Gasteiger partial charge >= 0.3 is 0 Å². The van der Waals surface area contributed by atoms with Crippen molar-refractivity contribution >= 4 is 38.6 Å². The first-order chi connectivity index (χ1) is 9.42. The number of rotatable bonds is 5. The maximum absolute atomic E-state index is 12.1. The molecule has 0 aliphatic heterocycles. The molecule has 1 aromatic carbocycles. The van der Waals surface area contributed by atoms with Gasteiger partial charge in [-0.05, 0) is 42.2 Å². The third kappa shape index (κ3) is 3.53. The number of thiophene rings is 1. The summed E-state index contributed by atoms with van der Waals surface area (Å²) in [4.78, 5) is 0. The van der Waals surface area contributed by atoms with Crippen LogP contribution in [0.4, 0.5) is 5.69 Å². The molecule has 0 fully saturated rings. The van der Waals surface area contributed by atoms with Gasteiger partial charge in [0.25, 0.3) is 10.0 Å². The van der Waals surface area contributed by atoms with Crippen molar-refractivity contribution in [2.75, 3.05) is 4.72 Å². The molecule has 1 atom stereocenters. The number of hydrogen-bond acceptors (Lipinski definition) is 3. The Morgan fingerprint density at radius 2 is 1.85 bits per heavy atom. The first-order valence-corrected chi connectivity index (χ1v) is 8.98. The zero-order chi connectivity index (χ0) is 14.8. The first kappa shape index (κ1) is 15.4. The van der Waals surface area contributed by atoms with E-state index in [9.17, 15) is 8.42 Å². The van der Waals surface area contributed by atoms with Crippen LogP contribution in [0.15, 0.2) is 40.6 Å². The summed E-state index contributed by atoms with van der Waals surface area (Å²) in [6, 6.07) is 10.6. The highest BCUT2D eigenvalue weighted by Crippen LogP contribution is 2.28. The van der Waals surface area contributed by atoms with Crippen molar-refractivity contribution in [3.8, 4) is 0 Å². The number of hydrogen-bond donors (Lipinski definition) is 1. The lowest BCUT2D eigenvalue weighted by Crippen LogP contribution is -2.11. The minimum atomic E-state index is -3.55. The molecule has 6 heteroatoms. The van der Waals surface area contributed by atoms with E-state index >= 15 is 0 Å². The Bertz CT molecular complexity index is 677. The van der Waals surface area contributed by atoms with Crippen LogP contribution in [0.5, 0.6) is 0 Å². The van der Waals surface area contributed by atoms with Crippen molar-refractivity contribution in [2.24, 2.45) is 0 Å². The van der Waals surface area contributed by atoms with Crippen LogP contribution < -0.4 is 4.72 Å². The summed E-state index contributed by atoms with van der Waals surface area (Å²) < 4.78 is 27.5. The summed E-state index contributed by atoms with van der Waals surface area (Å²) >= 11 is 6.81. The lowest BCUT2D eigenvalue weighted by Gasteiger charge is -2.10. The van der Waals surface area contributed by atoms with Crippen LogP contribution in [-0.2, 0) is 10.0 Å². The van der Waals surface area contributed by atoms with Crippen molar-refractivity contribution < 1.29 is 8.42 Å². The Labute approximate surface area is 128 Å². The normalized spacial score (nSPS) is 13.2. The molecule has 1 heterocycles. The molecule has 0 radical (unpaired) electrons. The Morgan fingerprint density at radius 1 is 1.20 bits per heavy atom. The van der Waals surface area contributed by atoms with Crippen LogP contribution in [0.3, 0.4) is 0 Å². The molecule has 2 rings (SSSR count). The van der Waals surface area contributed by atoms with E-state index in [1.165, 1.54) is 11.6 Å². The van der Waals surface area contributed by atoms with Crippen molar-refractivity contribution in [2.45, 2.75) is 30.4 Å². The minimum absolute atomic E-state index is 0.216. The molecule has 3 nitrogen and oxygen atoms in total. The molecule has 0 spiro atoms. The van der Waals surface area contributed by atoms with E-state index in [1.807, 2.05) is 12.1 Å². The number of sulfonamides is 1. The number of nitrogens with one attached hydrogen (secondary N) is 1. The maximum Gasteiger partial charge on any atom is 0.271 e. The van der Waals surface area contributed by atoms with E-state index in [0.717, 1.165) is 17.8 Å². The van der Waals surface area contributed by atoms with Gasteiger partial charge in [0.05, 0.1) is 4.34 Å². The van der Waals surface area contributed by atoms with Gasteiger partial charge in [-0.1, -0.05) is 37.6 Å². The second kappa shape index (κ2) is 6.16. The van der Waals surface area contributed by atoms with Crippen LogP contribution in [0, 0.1) is 0 Å². The van der Waals surface area contributed by atoms with Gasteiger partial charge in [0, 0.05) is 5.69 Å². The maximum atomic E-state index is 12.1. The smallest absolute Gasteiger partial charge is 0.271 e. The molecule has 0 aliphatic rings. The molecule has 1 unspecified atom stereocenters. The summed E-state index contributed by atoms with van der Waals surface area (Å²) in [6.45, 7) is 4.27. The zero-order valence-electron chi connectivity index (χ0n) is 11.3. The molecule has 108 valence electrons. The molecule has 0 bridgehead atoms. The van der Waals surface area contributed by atoms with Crippen LogP contribution >= 0.6 is 22.9 Å². The average Bonchev–Trinajstić information content (AvgIpc) is 2.86. The highest BCUT2D eigenvalue weighted by molar-refractivity contribution is 7.94. The van der Waals surface area contributed by atoms with Gasteiger partial charge < -0.3 is 0 Å². The molecule has 0 saturated heterocycles. The topological polar surface area (TPSA) is 46.2 Å². The third-order valence-electron chi connectivity index (χ3n) is 3.16. The summed E-state index contributed by atoms with van der Waals surface area (Å²) in [5, 5.41) is 0. The molecular formula is C14H16ClNO2S2. The SMILES string of the molecule is CCC(C)c1ccc(NS(=O)(=O)c2ccc(Cl)s2)cc1. The Balaban J connectivity index is 2.18. The highest BCUT2D eigenvalue weighted by Gasteiger charge is 2.16. The first-order valence-electron chi connectivity index (χ1n) is 6.30. The van der Waals surface area contributed by atoms with Crippen LogP contribution in [0.25, 0.3) is 0 Å². The van der Waals surface area contributed by atoms with E-state index in [0.29, 0.717) is 15.9 Å². The second-order valence-electron chi connectivity index (χ2n) is 4.60. The quantitative estimate of drug-likeness (QED) is 0.863. The summed E-state index contributed by atoms with van der Waals surface area (Å²) in [6.07, 6.45) is 1.05. The largest absolute Gasteiger partial charge is 0.279 e. The Kier molecular flexibility index (Phi) is 4.73. The molecule has 1 N–H and O–H groups in total. The third-order valence-corrected chi connectivity index (χ3v) is 6.26. The number of anilines is 1. The van der Waals surface area contributed by atoms with E-state index in [-0.39, 0.29) is 4.21 Å².